The van der Waals surface area contributed by atoms with E-state index >= 15 is 0 Å². The van der Waals surface area contributed by atoms with E-state index in [0.717, 1.165) is 0 Å². The van der Waals surface area contributed by atoms with Crippen LogP contribution in [0.25, 0.3) is 10.9 Å². The number of hydrogen-bond donors (Lipinski definition) is 0. The molecule has 0 amide bonds. The molecule has 2 aromatic rings. The van der Waals surface area contributed by atoms with Gasteiger partial charge >= 0.3 is 0 Å². The van der Waals surface area contributed by atoms with E-state index in [1.165, 1.54) is 74.3 Å². The van der Waals surface area contributed by atoms with Crippen molar-refractivity contribution in [3.63, 3.8) is 0 Å². The van der Waals surface area contributed by atoms with Gasteiger partial charge in [0, 0.05) is 24.1 Å². The Morgan fingerprint density at radius 3 is 2.25 bits per heavy atom. The number of fused-ring (bicyclic) bond motifs is 1. The van der Waals surface area contributed by atoms with Crippen LogP contribution in [-0.2, 0) is 13.5 Å². The normalized spacial score (nSPS) is 11.3. The lowest BCUT2D eigenvalue weighted by Gasteiger charge is -2.01. The average molecular weight is 271 g/mol. The lowest BCUT2D eigenvalue weighted by atomic mass is 10.0. The fraction of sp³-hybridized carbons (Fsp3) is 0.579. The van der Waals surface area contributed by atoms with Crippen LogP contribution in [-0.4, -0.2) is 4.57 Å². The predicted octanol–water partition coefficient (Wildman–Crippen LogP) is 5.86. The van der Waals surface area contributed by atoms with E-state index < -0.39 is 0 Å². The number of para-hydroxylation sites is 1. The molecule has 1 heteroatoms. The summed E-state index contributed by atoms with van der Waals surface area (Å²) in [5.41, 5.74) is 2.89. The minimum Gasteiger partial charge on any atom is -0.350 e. The summed E-state index contributed by atoms with van der Waals surface area (Å²) >= 11 is 0. The molecule has 0 atom stereocenters. The van der Waals surface area contributed by atoms with Gasteiger partial charge in [-0.05, 0) is 24.5 Å². The number of aryl methyl sites for hydroxylation is 2. The summed E-state index contributed by atoms with van der Waals surface area (Å²) in [5.74, 6) is 0. The molecule has 20 heavy (non-hydrogen) atoms. The second kappa shape index (κ2) is 8.14. The Balaban J connectivity index is 1.71. The molecule has 2 rings (SSSR count). The molecule has 1 heterocycles. The van der Waals surface area contributed by atoms with Gasteiger partial charge in [-0.25, -0.2) is 0 Å². The number of hydrogen-bond acceptors (Lipinski definition) is 0. The van der Waals surface area contributed by atoms with Crippen LogP contribution >= 0.6 is 0 Å². The highest BCUT2D eigenvalue weighted by molar-refractivity contribution is 5.83. The molecule has 0 aliphatic rings. The molecule has 0 bridgehead atoms. The SMILES string of the molecule is CCCCCCCCCCc1cn(C)c2ccccc12. The van der Waals surface area contributed by atoms with E-state index in [2.05, 4.69) is 49.0 Å². The molecule has 0 aliphatic heterocycles. The maximum absolute atomic E-state index is 2.31. The summed E-state index contributed by atoms with van der Waals surface area (Å²) in [7, 11) is 2.15. The smallest absolute Gasteiger partial charge is 0.0480 e. The van der Waals surface area contributed by atoms with Crippen molar-refractivity contribution in [2.24, 2.45) is 7.05 Å². The first kappa shape index (κ1) is 15.2. The van der Waals surface area contributed by atoms with E-state index in [4.69, 9.17) is 0 Å². The van der Waals surface area contributed by atoms with Gasteiger partial charge in [-0.1, -0.05) is 70.1 Å². The second-order valence-electron chi connectivity index (χ2n) is 6.01. The first-order valence-electron chi connectivity index (χ1n) is 8.36. The highest BCUT2D eigenvalue weighted by Gasteiger charge is 2.04. The summed E-state index contributed by atoms with van der Waals surface area (Å²) in [6, 6.07) is 8.75. The summed E-state index contributed by atoms with van der Waals surface area (Å²) in [5, 5.41) is 1.44. The van der Waals surface area contributed by atoms with E-state index in [1.54, 1.807) is 0 Å². The van der Waals surface area contributed by atoms with Crippen LogP contribution in [0, 0.1) is 0 Å². The molecule has 0 aliphatic carbocycles. The molecule has 0 spiro atoms. The minimum absolute atomic E-state index is 1.23. The zero-order chi connectivity index (χ0) is 14.2. The Bertz CT molecular complexity index is 509. The first-order valence-corrected chi connectivity index (χ1v) is 8.36. The van der Waals surface area contributed by atoms with Crippen LogP contribution in [0.15, 0.2) is 30.5 Å². The molecule has 0 unspecified atom stereocenters. The third-order valence-corrected chi connectivity index (χ3v) is 4.28. The topological polar surface area (TPSA) is 4.93 Å². The molecule has 0 radical (unpaired) electrons. The van der Waals surface area contributed by atoms with Gasteiger partial charge < -0.3 is 4.57 Å². The molecule has 1 aromatic carbocycles. The number of rotatable bonds is 9. The Morgan fingerprint density at radius 2 is 1.50 bits per heavy atom. The van der Waals surface area contributed by atoms with E-state index in [9.17, 15) is 0 Å². The fourth-order valence-corrected chi connectivity index (χ4v) is 3.07. The Morgan fingerprint density at radius 1 is 0.850 bits per heavy atom. The monoisotopic (exact) mass is 271 g/mol. The van der Waals surface area contributed by atoms with Crippen molar-refractivity contribution in [2.75, 3.05) is 0 Å². The molecule has 110 valence electrons. The summed E-state index contributed by atoms with van der Waals surface area (Å²) in [6.07, 6.45) is 14.7. The molecule has 0 saturated carbocycles. The van der Waals surface area contributed by atoms with Crippen LogP contribution < -0.4 is 0 Å². The third-order valence-electron chi connectivity index (χ3n) is 4.28. The number of nitrogens with zero attached hydrogens (tertiary/aromatic N) is 1. The molecule has 1 nitrogen and oxygen atoms in total. The summed E-state index contributed by atoms with van der Waals surface area (Å²) in [6.45, 7) is 2.28. The van der Waals surface area contributed by atoms with Gasteiger partial charge in [-0.15, -0.1) is 0 Å². The van der Waals surface area contributed by atoms with Crippen LogP contribution in [0.3, 0.4) is 0 Å². The van der Waals surface area contributed by atoms with Crippen molar-refractivity contribution < 1.29 is 0 Å². The number of aromatic nitrogens is 1. The lowest BCUT2D eigenvalue weighted by molar-refractivity contribution is 0.576. The van der Waals surface area contributed by atoms with Crippen molar-refractivity contribution in [1.29, 1.82) is 0 Å². The lowest BCUT2D eigenvalue weighted by Crippen LogP contribution is -1.86. The first-order chi connectivity index (χ1) is 9.83. The zero-order valence-electron chi connectivity index (χ0n) is 13.2. The van der Waals surface area contributed by atoms with Crippen molar-refractivity contribution >= 4 is 10.9 Å². The largest absolute Gasteiger partial charge is 0.350 e. The molecular weight excluding hydrogens is 242 g/mol. The third kappa shape index (κ3) is 4.13. The van der Waals surface area contributed by atoms with Crippen LogP contribution in [0.5, 0.6) is 0 Å². The number of benzene rings is 1. The summed E-state index contributed by atoms with van der Waals surface area (Å²) in [4.78, 5) is 0. The Kier molecular flexibility index (Phi) is 6.17. The second-order valence-corrected chi connectivity index (χ2v) is 6.01. The van der Waals surface area contributed by atoms with Crippen molar-refractivity contribution in [3.8, 4) is 0 Å². The van der Waals surface area contributed by atoms with Crippen LogP contribution in [0.4, 0.5) is 0 Å². The van der Waals surface area contributed by atoms with Gasteiger partial charge in [0.2, 0.25) is 0 Å². The Labute approximate surface area is 124 Å². The van der Waals surface area contributed by atoms with Gasteiger partial charge in [0.1, 0.15) is 0 Å². The maximum Gasteiger partial charge on any atom is 0.0480 e. The highest BCUT2D eigenvalue weighted by atomic mass is 14.9. The van der Waals surface area contributed by atoms with Crippen molar-refractivity contribution in [3.05, 3.63) is 36.0 Å². The quantitative estimate of drug-likeness (QED) is 0.503. The highest BCUT2D eigenvalue weighted by Crippen LogP contribution is 2.22. The Hall–Kier alpha value is -1.24. The van der Waals surface area contributed by atoms with Gasteiger partial charge in [0.05, 0.1) is 0 Å². The zero-order valence-corrected chi connectivity index (χ0v) is 13.2. The van der Waals surface area contributed by atoms with Gasteiger partial charge in [0.25, 0.3) is 0 Å². The molecule has 1 aromatic heterocycles. The van der Waals surface area contributed by atoms with Gasteiger partial charge in [-0.2, -0.15) is 0 Å². The average Bonchev–Trinajstić information content (AvgIpc) is 2.79. The van der Waals surface area contributed by atoms with Crippen molar-refractivity contribution in [2.45, 2.75) is 64.7 Å². The minimum atomic E-state index is 1.23. The molecule has 0 saturated heterocycles. The molecule has 0 N–H and O–H groups in total. The van der Waals surface area contributed by atoms with Crippen LogP contribution in [0.2, 0.25) is 0 Å². The van der Waals surface area contributed by atoms with Crippen LogP contribution in [0.1, 0.15) is 63.9 Å². The summed E-state index contributed by atoms with van der Waals surface area (Å²) < 4.78 is 2.26. The standard InChI is InChI=1S/C19H29N/c1-3-4-5-6-7-8-9-10-13-17-16-20(2)19-15-12-11-14-18(17)19/h11-12,14-16H,3-10,13H2,1-2H3. The van der Waals surface area contributed by atoms with Crippen molar-refractivity contribution in [1.82, 2.24) is 4.57 Å². The van der Waals surface area contributed by atoms with E-state index in [1.807, 2.05) is 0 Å². The molecular formula is C19H29N. The van der Waals surface area contributed by atoms with Gasteiger partial charge in [0.15, 0.2) is 0 Å². The predicted molar refractivity (Wildman–Crippen MR) is 89.2 cm³/mol. The number of unbranched alkanes of at least 4 members (excludes halogenated alkanes) is 7. The van der Waals surface area contributed by atoms with Gasteiger partial charge in [-0.3, -0.25) is 0 Å². The van der Waals surface area contributed by atoms with E-state index in [-0.39, 0.29) is 0 Å². The maximum atomic E-state index is 2.31. The molecule has 0 fully saturated rings. The van der Waals surface area contributed by atoms with E-state index in [0.29, 0.717) is 0 Å². The fourth-order valence-electron chi connectivity index (χ4n) is 3.07.